The van der Waals surface area contributed by atoms with Crippen LogP contribution in [0.4, 0.5) is 0 Å². The van der Waals surface area contributed by atoms with Gasteiger partial charge >= 0.3 is 5.97 Å². The number of carboxylic acid groups (broad SMARTS) is 1. The van der Waals surface area contributed by atoms with Crippen LogP contribution in [0.15, 0.2) is 0 Å². The van der Waals surface area contributed by atoms with Gasteiger partial charge in [0.25, 0.3) is 0 Å². The molecule has 0 aromatic rings. The summed E-state index contributed by atoms with van der Waals surface area (Å²) in [4.78, 5) is 13.1. The van der Waals surface area contributed by atoms with Crippen LogP contribution in [0.3, 0.4) is 0 Å². The number of nitrogens with one attached hydrogen (secondary N) is 1. The van der Waals surface area contributed by atoms with E-state index < -0.39 is 11.5 Å². The van der Waals surface area contributed by atoms with Crippen molar-refractivity contribution in [3.8, 4) is 0 Å². The van der Waals surface area contributed by atoms with Crippen LogP contribution >= 0.6 is 0 Å². The highest BCUT2D eigenvalue weighted by Crippen LogP contribution is 2.07. The van der Waals surface area contributed by atoms with E-state index in [1.54, 1.807) is 6.92 Å². The third-order valence-electron chi connectivity index (χ3n) is 2.21. The van der Waals surface area contributed by atoms with Gasteiger partial charge in [-0.2, -0.15) is 0 Å². The minimum atomic E-state index is -0.862. The maximum atomic E-state index is 11.1. The number of rotatable bonds is 6. The Morgan fingerprint density at radius 1 is 1.57 bits per heavy atom. The first-order valence-corrected chi connectivity index (χ1v) is 5.01. The Kier molecular flexibility index (Phi) is 5.08. The Balaban J connectivity index is 4.47. The predicted octanol–water partition coefficient (Wildman–Crippen LogP) is 0.779. The fourth-order valence-corrected chi connectivity index (χ4v) is 1.46. The van der Waals surface area contributed by atoms with Gasteiger partial charge < -0.3 is 10.0 Å². The van der Waals surface area contributed by atoms with E-state index in [0.29, 0.717) is 6.54 Å². The normalized spacial score (nSPS) is 15.9. The molecule has 0 bridgehead atoms. The van der Waals surface area contributed by atoms with E-state index in [1.807, 2.05) is 32.7 Å². The molecule has 0 radical (unpaired) electrons. The fourth-order valence-electron chi connectivity index (χ4n) is 1.46. The molecule has 2 N–H and O–H groups in total. The molecule has 1 unspecified atom stereocenters. The molecule has 0 heterocycles. The van der Waals surface area contributed by atoms with E-state index in [2.05, 4.69) is 5.32 Å². The molecule has 0 saturated carbocycles. The zero-order valence-corrected chi connectivity index (χ0v) is 9.79. The lowest BCUT2D eigenvalue weighted by molar-refractivity contribution is -0.145. The molecule has 0 aromatic heterocycles. The SMILES string of the molecule is CCN(C)CC(C)(NC(C)C)C(=O)O. The van der Waals surface area contributed by atoms with E-state index >= 15 is 0 Å². The Morgan fingerprint density at radius 2 is 2.07 bits per heavy atom. The van der Waals surface area contributed by atoms with Gasteiger partial charge in [0.1, 0.15) is 5.54 Å². The average Bonchev–Trinajstić information content (AvgIpc) is 2.02. The third kappa shape index (κ3) is 4.07. The molecular weight excluding hydrogens is 180 g/mol. The smallest absolute Gasteiger partial charge is 0.324 e. The molecule has 1 atom stereocenters. The van der Waals surface area contributed by atoms with Crippen LogP contribution in [-0.4, -0.2) is 47.7 Å². The molecule has 0 spiro atoms. The predicted molar refractivity (Wildman–Crippen MR) is 57.5 cm³/mol. The third-order valence-corrected chi connectivity index (χ3v) is 2.21. The number of hydrogen-bond acceptors (Lipinski definition) is 3. The number of nitrogens with zero attached hydrogens (tertiary/aromatic N) is 1. The summed E-state index contributed by atoms with van der Waals surface area (Å²) in [5.41, 5.74) is -0.862. The number of carboxylic acids is 1. The van der Waals surface area contributed by atoms with Crippen molar-refractivity contribution < 1.29 is 9.90 Å². The summed E-state index contributed by atoms with van der Waals surface area (Å²) >= 11 is 0. The molecule has 0 aliphatic heterocycles. The average molecular weight is 202 g/mol. The summed E-state index contributed by atoms with van der Waals surface area (Å²) in [5, 5.41) is 12.2. The maximum Gasteiger partial charge on any atom is 0.324 e. The summed E-state index contributed by atoms with van der Waals surface area (Å²) in [7, 11) is 1.92. The van der Waals surface area contributed by atoms with Crippen molar-refractivity contribution in [3.05, 3.63) is 0 Å². The second kappa shape index (κ2) is 5.32. The molecule has 84 valence electrons. The Morgan fingerprint density at radius 3 is 2.36 bits per heavy atom. The lowest BCUT2D eigenvalue weighted by Crippen LogP contribution is -2.58. The summed E-state index contributed by atoms with van der Waals surface area (Å²) in [6, 6.07) is 0.168. The van der Waals surface area contributed by atoms with Crippen LogP contribution < -0.4 is 5.32 Å². The van der Waals surface area contributed by atoms with Crippen LogP contribution in [0.2, 0.25) is 0 Å². The van der Waals surface area contributed by atoms with Gasteiger partial charge in [-0.1, -0.05) is 6.92 Å². The highest BCUT2D eigenvalue weighted by Gasteiger charge is 2.34. The quantitative estimate of drug-likeness (QED) is 0.668. The first kappa shape index (κ1) is 13.4. The maximum absolute atomic E-state index is 11.1. The minimum absolute atomic E-state index is 0.168. The molecule has 0 fully saturated rings. The van der Waals surface area contributed by atoms with Crippen molar-refractivity contribution in [2.75, 3.05) is 20.1 Å². The molecule has 0 aliphatic carbocycles. The van der Waals surface area contributed by atoms with Crippen molar-refractivity contribution in [3.63, 3.8) is 0 Å². The van der Waals surface area contributed by atoms with Gasteiger partial charge in [0, 0.05) is 12.6 Å². The van der Waals surface area contributed by atoms with Gasteiger partial charge in [0.05, 0.1) is 0 Å². The van der Waals surface area contributed by atoms with E-state index in [4.69, 9.17) is 5.11 Å². The minimum Gasteiger partial charge on any atom is -0.480 e. The number of carbonyl (C=O) groups is 1. The molecule has 0 saturated heterocycles. The summed E-state index contributed by atoms with van der Waals surface area (Å²) in [6.45, 7) is 9.00. The van der Waals surface area contributed by atoms with Gasteiger partial charge in [0.15, 0.2) is 0 Å². The number of hydrogen-bond donors (Lipinski definition) is 2. The van der Waals surface area contributed by atoms with Crippen molar-refractivity contribution >= 4 is 5.97 Å². The van der Waals surface area contributed by atoms with E-state index in [0.717, 1.165) is 6.54 Å². The zero-order chi connectivity index (χ0) is 11.4. The van der Waals surface area contributed by atoms with Gasteiger partial charge in [-0.15, -0.1) is 0 Å². The fraction of sp³-hybridized carbons (Fsp3) is 0.900. The molecule has 0 amide bonds. The van der Waals surface area contributed by atoms with Gasteiger partial charge in [-0.25, -0.2) is 0 Å². The molecule has 4 heteroatoms. The second-order valence-corrected chi connectivity index (χ2v) is 4.27. The van der Waals surface area contributed by atoms with Crippen LogP contribution in [-0.2, 0) is 4.79 Å². The largest absolute Gasteiger partial charge is 0.480 e. The highest BCUT2D eigenvalue weighted by atomic mass is 16.4. The van der Waals surface area contributed by atoms with Crippen molar-refractivity contribution in [1.29, 1.82) is 0 Å². The molecule has 4 nitrogen and oxygen atoms in total. The van der Waals surface area contributed by atoms with Crippen LogP contribution in [0, 0.1) is 0 Å². The van der Waals surface area contributed by atoms with Crippen LogP contribution in [0.25, 0.3) is 0 Å². The summed E-state index contributed by atoms with van der Waals surface area (Å²) in [6.07, 6.45) is 0. The second-order valence-electron chi connectivity index (χ2n) is 4.27. The summed E-state index contributed by atoms with van der Waals surface area (Å²) in [5.74, 6) is -0.800. The molecule has 14 heavy (non-hydrogen) atoms. The van der Waals surface area contributed by atoms with E-state index in [1.165, 1.54) is 0 Å². The van der Waals surface area contributed by atoms with Crippen molar-refractivity contribution in [1.82, 2.24) is 10.2 Å². The molecule has 0 aliphatic rings. The number of likely N-dealkylation sites (N-methyl/N-ethyl adjacent to an activating group) is 1. The van der Waals surface area contributed by atoms with Crippen LogP contribution in [0.5, 0.6) is 0 Å². The van der Waals surface area contributed by atoms with Gasteiger partial charge in [0.2, 0.25) is 0 Å². The lowest BCUT2D eigenvalue weighted by Gasteiger charge is -2.32. The van der Waals surface area contributed by atoms with Crippen molar-refractivity contribution in [2.45, 2.75) is 39.3 Å². The summed E-state index contributed by atoms with van der Waals surface area (Å²) < 4.78 is 0. The van der Waals surface area contributed by atoms with Crippen molar-refractivity contribution in [2.24, 2.45) is 0 Å². The highest BCUT2D eigenvalue weighted by molar-refractivity contribution is 5.78. The lowest BCUT2D eigenvalue weighted by atomic mass is 10.0. The number of aliphatic carboxylic acids is 1. The molecule has 0 rings (SSSR count). The first-order chi connectivity index (χ1) is 6.31. The Hall–Kier alpha value is -0.610. The molecular formula is C10H22N2O2. The Labute approximate surface area is 86.3 Å². The molecule has 0 aromatic carbocycles. The van der Waals surface area contributed by atoms with Crippen LogP contribution in [0.1, 0.15) is 27.7 Å². The monoisotopic (exact) mass is 202 g/mol. The Bertz CT molecular complexity index is 195. The van der Waals surface area contributed by atoms with E-state index in [9.17, 15) is 4.79 Å². The first-order valence-electron chi connectivity index (χ1n) is 5.01. The van der Waals surface area contributed by atoms with Gasteiger partial charge in [-0.05, 0) is 34.4 Å². The zero-order valence-electron chi connectivity index (χ0n) is 9.79. The standard InChI is InChI=1S/C10H22N2O2/c1-6-12(5)7-10(4,9(13)14)11-8(2)3/h8,11H,6-7H2,1-5H3,(H,13,14). The van der Waals surface area contributed by atoms with Gasteiger partial charge in [-0.3, -0.25) is 10.1 Å². The van der Waals surface area contributed by atoms with E-state index in [-0.39, 0.29) is 6.04 Å². The topological polar surface area (TPSA) is 52.6 Å².